The summed E-state index contributed by atoms with van der Waals surface area (Å²) in [5.41, 5.74) is 0.910. The molecule has 0 saturated heterocycles. The highest BCUT2D eigenvalue weighted by Crippen LogP contribution is 2.36. The lowest BCUT2D eigenvalue weighted by molar-refractivity contribution is -0.140. The number of rotatable bonds is 5. The van der Waals surface area contributed by atoms with Crippen LogP contribution in [-0.2, 0) is 4.79 Å². The topological polar surface area (TPSA) is 46.5 Å². The molecular formula is C17H24O3. The Bertz CT molecular complexity index is 416. The van der Waals surface area contributed by atoms with Crippen molar-refractivity contribution in [1.82, 2.24) is 0 Å². The molecule has 1 aliphatic rings. The van der Waals surface area contributed by atoms with Crippen LogP contribution in [0.25, 0.3) is 0 Å². The molecule has 1 unspecified atom stereocenters. The summed E-state index contributed by atoms with van der Waals surface area (Å²) in [5, 5.41) is 9.61. The van der Waals surface area contributed by atoms with E-state index in [2.05, 4.69) is 0 Å². The molecule has 2 rings (SSSR count). The molecule has 0 aliphatic heterocycles. The van der Waals surface area contributed by atoms with Crippen LogP contribution < -0.4 is 4.74 Å². The molecule has 0 radical (unpaired) electrons. The molecule has 3 nitrogen and oxygen atoms in total. The molecule has 1 aliphatic carbocycles. The van der Waals surface area contributed by atoms with E-state index >= 15 is 0 Å². The van der Waals surface area contributed by atoms with Crippen LogP contribution in [0.2, 0.25) is 0 Å². The SMILES string of the molecule is CCOc1ccc(C(C(=O)O)C2CCCCCC2)cc1. The van der Waals surface area contributed by atoms with Gasteiger partial charge in [0.05, 0.1) is 12.5 Å². The first-order chi connectivity index (χ1) is 9.72. The smallest absolute Gasteiger partial charge is 0.311 e. The Morgan fingerprint density at radius 1 is 1.20 bits per heavy atom. The highest BCUT2D eigenvalue weighted by Gasteiger charge is 2.30. The number of carboxylic acids is 1. The summed E-state index contributed by atoms with van der Waals surface area (Å²) in [4.78, 5) is 11.7. The zero-order valence-electron chi connectivity index (χ0n) is 12.2. The zero-order chi connectivity index (χ0) is 14.4. The highest BCUT2D eigenvalue weighted by molar-refractivity contribution is 5.76. The van der Waals surface area contributed by atoms with E-state index in [-0.39, 0.29) is 11.8 Å². The van der Waals surface area contributed by atoms with Gasteiger partial charge in [0.1, 0.15) is 5.75 Å². The van der Waals surface area contributed by atoms with Crippen molar-refractivity contribution in [1.29, 1.82) is 0 Å². The van der Waals surface area contributed by atoms with Crippen LogP contribution in [-0.4, -0.2) is 17.7 Å². The summed E-state index contributed by atoms with van der Waals surface area (Å²) in [7, 11) is 0. The van der Waals surface area contributed by atoms with Crippen molar-refractivity contribution in [3.05, 3.63) is 29.8 Å². The summed E-state index contributed by atoms with van der Waals surface area (Å²) < 4.78 is 5.42. The van der Waals surface area contributed by atoms with Crippen LogP contribution in [0.4, 0.5) is 0 Å². The Kier molecular flexibility index (Phi) is 5.45. The van der Waals surface area contributed by atoms with E-state index in [0.717, 1.165) is 37.0 Å². The number of hydrogen-bond donors (Lipinski definition) is 1. The van der Waals surface area contributed by atoms with Crippen molar-refractivity contribution >= 4 is 5.97 Å². The number of ether oxygens (including phenoxy) is 1. The maximum Gasteiger partial charge on any atom is 0.311 e. The molecule has 0 spiro atoms. The molecule has 1 atom stereocenters. The van der Waals surface area contributed by atoms with Gasteiger partial charge in [-0.15, -0.1) is 0 Å². The minimum atomic E-state index is -0.693. The predicted molar refractivity (Wildman–Crippen MR) is 79.2 cm³/mol. The molecule has 0 amide bonds. The Hall–Kier alpha value is -1.51. The molecule has 110 valence electrons. The summed E-state index contributed by atoms with van der Waals surface area (Å²) >= 11 is 0. The molecule has 1 fully saturated rings. The van der Waals surface area contributed by atoms with Gasteiger partial charge in [-0.05, 0) is 43.4 Å². The van der Waals surface area contributed by atoms with Gasteiger partial charge in [-0.1, -0.05) is 37.8 Å². The van der Waals surface area contributed by atoms with Crippen molar-refractivity contribution in [3.63, 3.8) is 0 Å². The van der Waals surface area contributed by atoms with Gasteiger partial charge >= 0.3 is 5.97 Å². The lowest BCUT2D eigenvalue weighted by Crippen LogP contribution is -2.21. The van der Waals surface area contributed by atoms with Gasteiger partial charge in [0.15, 0.2) is 0 Å². The van der Waals surface area contributed by atoms with Gasteiger partial charge in [-0.3, -0.25) is 4.79 Å². The van der Waals surface area contributed by atoms with E-state index in [4.69, 9.17) is 4.74 Å². The van der Waals surface area contributed by atoms with Gasteiger partial charge in [0.25, 0.3) is 0 Å². The third-order valence-electron chi connectivity index (χ3n) is 4.19. The van der Waals surface area contributed by atoms with Gasteiger partial charge in [0, 0.05) is 0 Å². The molecule has 20 heavy (non-hydrogen) atoms. The summed E-state index contributed by atoms with van der Waals surface area (Å²) in [6.07, 6.45) is 6.86. The fourth-order valence-corrected chi connectivity index (χ4v) is 3.20. The summed E-state index contributed by atoms with van der Waals surface area (Å²) in [6, 6.07) is 7.58. The van der Waals surface area contributed by atoms with Crippen molar-refractivity contribution in [2.75, 3.05) is 6.61 Å². The second kappa shape index (κ2) is 7.32. The van der Waals surface area contributed by atoms with E-state index in [0.29, 0.717) is 6.61 Å². The van der Waals surface area contributed by atoms with E-state index in [9.17, 15) is 9.90 Å². The van der Waals surface area contributed by atoms with Gasteiger partial charge in [0.2, 0.25) is 0 Å². The molecule has 1 aromatic rings. The Balaban J connectivity index is 2.16. The van der Waals surface area contributed by atoms with Crippen molar-refractivity contribution < 1.29 is 14.6 Å². The molecule has 0 heterocycles. The number of benzene rings is 1. The van der Waals surface area contributed by atoms with Crippen LogP contribution in [0.1, 0.15) is 56.9 Å². The maximum atomic E-state index is 11.7. The summed E-state index contributed by atoms with van der Waals surface area (Å²) in [5.74, 6) is 0.0130. The number of carbonyl (C=O) groups is 1. The minimum absolute atomic E-state index is 0.271. The van der Waals surface area contributed by atoms with Crippen molar-refractivity contribution in [2.24, 2.45) is 5.92 Å². The lowest BCUT2D eigenvalue weighted by atomic mass is 9.81. The lowest BCUT2D eigenvalue weighted by Gasteiger charge is -2.23. The number of carboxylic acid groups (broad SMARTS) is 1. The molecule has 0 bridgehead atoms. The van der Waals surface area contributed by atoms with Crippen LogP contribution in [0.3, 0.4) is 0 Å². The van der Waals surface area contributed by atoms with Gasteiger partial charge < -0.3 is 9.84 Å². The molecular weight excluding hydrogens is 252 g/mol. The van der Waals surface area contributed by atoms with Crippen LogP contribution in [0.5, 0.6) is 5.75 Å². The average Bonchev–Trinajstić information content (AvgIpc) is 2.70. The predicted octanol–water partition coefficient (Wildman–Crippen LogP) is 4.22. The third kappa shape index (κ3) is 3.75. The molecule has 3 heteroatoms. The first-order valence-corrected chi connectivity index (χ1v) is 7.68. The quantitative estimate of drug-likeness (QED) is 0.819. The monoisotopic (exact) mass is 276 g/mol. The first-order valence-electron chi connectivity index (χ1n) is 7.68. The van der Waals surface area contributed by atoms with Crippen LogP contribution >= 0.6 is 0 Å². The highest BCUT2D eigenvalue weighted by atomic mass is 16.5. The normalized spacial score (nSPS) is 18.2. The van der Waals surface area contributed by atoms with Gasteiger partial charge in [-0.2, -0.15) is 0 Å². The van der Waals surface area contributed by atoms with E-state index in [1.807, 2.05) is 31.2 Å². The van der Waals surface area contributed by atoms with Crippen molar-refractivity contribution in [3.8, 4) is 5.75 Å². The van der Waals surface area contributed by atoms with E-state index in [1.54, 1.807) is 0 Å². The zero-order valence-corrected chi connectivity index (χ0v) is 12.2. The van der Waals surface area contributed by atoms with Crippen LogP contribution in [0.15, 0.2) is 24.3 Å². The fraction of sp³-hybridized carbons (Fsp3) is 0.588. The van der Waals surface area contributed by atoms with Crippen LogP contribution in [0, 0.1) is 5.92 Å². The molecule has 1 aromatic carbocycles. The molecule has 1 saturated carbocycles. The number of hydrogen-bond acceptors (Lipinski definition) is 2. The minimum Gasteiger partial charge on any atom is -0.494 e. The molecule has 0 aromatic heterocycles. The summed E-state index contributed by atoms with van der Waals surface area (Å²) in [6.45, 7) is 2.57. The first kappa shape index (κ1) is 14.9. The average molecular weight is 276 g/mol. The van der Waals surface area contributed by atoms with E-state index < -0.39 is 5.97 Å². The standard InChI is InChI=1S/C17H24O3/c1-2-20-15-11-9-14(10-12-15)16(17(18)19)13-7-5-3-4-6-8-13/h9-13,16H,2-8H2,1H3,(H,18,19). The Labute approximate surface area is 121 Å². The fourth-order valence-electron chi connectivity index (χ4n) is 3.20. The van der Waals surface area contributed by atoms with Gasteiger partial charge in [-0.25, -0.2) is 0 Å². The Morgan fingerprint density at radius 2 is 1.80 bits per heavy atom. The van der Waals surface area contributed by atoms with E-state index in [1.165, 1.54) is 12.8 Å². The second-order valence-electron chi connectivity index (χ2n) is 5.57. The maximum absolute atomic E-state index is 11.7. The van der Waals surface area contributed by atoms with Crippen molar-refractivity contribution in [2.45, 2.75) is 51.4 Å². The number of aliphatic carboxylic acids is 1. The Morgan fingerprint density at radius 3 is 2.30 bits per heavy atom. The third-order valence-corrected chi connectivity index (χ3v) is 4.19. The molecule has 1 N–H and O–H groups in total. The second-order valence-corrected chi connectivity index (χ2v) is 5.57. The largest absolute Gasteiger partial charge is 0.494 e.